The molecule has 1 aliphatic carbocycles. The van der Waals surface area contributed by atoms with Crippen molar-refractivity contribution in [3.63, 3.8) is 0 Å². The Morgan fingerprint density at radius 2 is 2.11 bits per heavy atom. The largest absolute Gasteiger partial charge is 0.226 e. The Hall–Kier alpha value is -1.23. The highest BCUT2D eigenvalue weighted by molar-refractivity contribution is 9.10. The average molecular weight is 307 g/mol. The minimum Gasteiger partial charge on any atom is -0.226 e. The zero-order chi connectivity index (χ0) is 12.7. The molecule has 3 rings (SSSR count). The van der Waals surface area contributed by atoms with E-state index in [1.807, 2.05) is 16.9 Å². The van der Waals surface area contributed by atoms with Crippen molar-refractivity contribution in [3.05, 3.63) is 34.5 Å². The second kappa shape index (κ2) is 4.46. The highest BCUT2D eigenvalue weighted by Gasteiger charge is 2.26. The molecule has 0 spiro atoms. The molecule has 2 heterocycles. The fourth-order valence-corrected chi connectivity index (χ4v) is 2.25. The highest BCUT2D eigenvalue weighted by atomic mass is 79.9. The van der Waals surface area contributed by atoms with E-state index in [0.29, 0.717) is 11.8 Å². The summed E-state index contributed by atoms with van der Waals surface area (Å²) in [5, 5.41) is 4.59. The van der Waals surface area contributed by atoms with Crippen LogP contribution in [-0.4, -0.2) is 19.7 Å². The predicted octanol–water partition coefficient (Wildman–Crippen LogP) is 3.43. The van der Waals surface area contributed by atoms with Gasteiger partial charge in [-0.3, -0.25) is 0 Å². The van der Waals surface area contributed by atoms with Crippen molar-refractivity contribution in [2.45, 2.75) is 38.5 Å². The van der Waals surface area contributed by atoms with Crippen LogP contribution in [0.5, 0.6) is 0 Å². The third-order valence-corrected chi connectivity index (χ3v) is 3.46. The molecule has 0 saturated heterocycles. The van der Waals surface area contributed by atoms with Crippen LogP contribution in [0.25, 0.3) is 5.82 Å². The third kappa shape index (κ3) is 2.32. The lowest BCUT2D eigenvalue weighted by Crippen LogP contribution is -2.05. The summed E-state index contributed by atoms with van der Waals surface area (Å²) >= 11 is 3.43. The molecule has 0 amide bonds. The quantitative estimate of drug-likeness (QED) is 0.816. The first-order valence-corrected chi connectivity index (χ1v) is 7.03. The Morgan fingerprint density at radius 1 is 1.33 bits per heavy atom. The van der Waals surface area contributed by atoms with Gasteiger partial charge in [0.25, 0.3) is 0 Å². The normalized spacial score (nSPS) is 15.3. The van der Waals surface area contributed by atoms with Crippen molar-refractivity contribution in [2.75, 3.05) is 0 Å². The summed E-state index contributed by atoms with van der Waals surface area (Å²) in [5.41, 5.74) is 1.18. The lowest BCUT2D eigenvalue weighted by Gasteiger charge is -2.07. The van der Waals surface area contributed by atoms with E-state index < -0.39 is 0 Å². The molecule has 1 fully saturated rings. The fraction of sp³-hybridized carbons (Fsp3) is 0.462. The summed E-state index contributed by atoms with van der Waals surface area (Å²) in [6, 6.07) is 3.98. The van der Waals surface area contributed by atoms with Crippen LogP contribution in [0, 0.1) is 0 Å². The van der Waals surface area contributed by atoms with E-state index in [-0.39, 0.29) is 0 Å². The van der Waals surface area contributed by atoms with Crippen molar-refractivity contribution in [3.8, 4) is 5.82 Å². The molecule has 5 heteroatoms. The maximum Gasteiger partial charge on any atom is 0.158 e. The monoisotopic (exact) mass is 306 g/mol. The molecular formula is C13H15BrN4. The molecule has 1 saturated carbocycles. The molecule has 2 aromatic heterocycles. The fourth-order valence-electron chi connectivity index (χ4n) is 1.86. The van der Waals surface area contributed by atoms with E-state index in [2.05, 4.69) is 50.9 Å². The number of halogens is 1. The zero-order valence-corrected chi connectivity index (χ0v) is 12.1. The molecule has 0 N–H and O–H groups in total. The van der Waals surface area contributed by atoms with E-state index in [9.17, 15) is 0 Å². The molecule has 0 atom stereocenters. The van der Waals surface area contributed by atoms with Gasteiger partial charge in [-0.1, -0.05) is 13.8 Å². The lowest BCUT2D eigenvalue weighted by atomic mass is 10.2. The van der Waals surface area contributed by atoms with Gasteiger partial charge in [0.15, 0.2) is 5.82 Å². The summed E-state index contributed by atoms with van der Waals surface area (Å²) in [7, 11) is 0. The summed E-state index contributed by atoms with van der Waals surface area (Å²) in [5.74, 6) is 2.64. The van der Waals surface area contributed by atoms with Crippen LogP contribution < -0.4 is 0 Å². The first-order chi connectivity index (χ1) is 8.63. The van der Waals surface area contributed by atoms with Gasteiger partial charge in [0.05, 0.1) is 5.69 Å². The van der Waals surface area contributed by atoms with Gasteiger partial charge in [-0.2, -0.15) is 5.10 Å². The Kier molecular flexibility index (Phi) is 2.93. The average Bonchev–Trinajstić information content (AvgIpc) is 3.06. The zero-order valence-electron chi connectivity index (χ0n) is 10.5. The SMILES string of the molecule is CC(C)c1nc(Br)cc(-n2ccc(C3CC3)n2)n1. The van der Waals surface area contributed by atoms with Crippen molar-refractivity contribution < 1.29 is 0 Å². The van der Waals surface area contributed by atoms with E-state index in [4.69, 9.17) is 0 Å². The van der Waals surface area contributed by atoms with Gasteiger partial charge in [0, 0.05) is 24.1 Å². The number of nitrogens with zero attached hydrogens (tertiary/aromatic N) is 4. The Bertz CT molecular complexity index is 572. The molecule has 0 unspecified atom stereocenters. The molecule has 4 nitrogen and oxygen atoms in total. The van der Waals surface area contributed by atoms with Crippen LogP contribution in [0.15, 0.2) is 22.9 Å². The summed E-state index contributed by atoms with van der Waals surface area (Å²) < 4.78 is 2.64. The van der Waals surface area contributed by atoms with Crippen LogP contribution >= 0.6 is 15.9 Å². The maximum atomic E-state index is 4.59. The predicted molar refractivity (Wildman–Crippen MR) is 72.9 cm³/mol. The van der Waals surface area contributed by atoms with Gasteiger partial charge in [-0.05, 0) is 34.8 Å². The van der Waals surface area contributed by atoms with E-state index >= 15 is 0 Å². The van der Waals surface area contributed by atoms with Crippen LogP contribution in [0.4, 0.5) is 0 Å². The van der Waals surface area contributed by atoms with E-state index in [0.717, 1.165) is 16.2 Å². The van der Waals surface area contributed by atoms with Crippen LogP contribution in [-0.2, 0) is 0 Å². The van der Waals surface area contributed by atoms with Gasteiger partial charge < -0.3 is 0 Å². The molecule has 1 aliphatic rings. The minimum absolute atomic E-state index is 0.305. The molecular weight excluding hydrogens is 292 g/mol. The molecule has 2 aromatic rings. The lowest BCUT2D eigenvalue weighted by molar-refractivity contribution is 0.735. The Labute approximate surface area is 115 Å². The van der Waals surface area contributed by atoms with Crippen molar-refractivity contribution >= 4 is 15.9 Å². The van der Waals surface area contributed by atoms with E-state index in [1.165, 1.54) is 18.5 Å². The number of hydrogen-bond donors (Lipinski definition) is 0. The van der Waals surface area contributed by atoms with Gasteiger partial charge >= 0.3 is 0 Å². The standard InChI is InChI=1S/C13H15BrN4/c1-8(2)13-15-11(14)7-12(16-13)18-6-5-10(17-18)9-3-4-9/h5-9H,3-4H2,1-2H3. The summed E-state index contributed by atoms with van der Waals surface area (Å²) in [6.07, 6.45) is 4.51. The van der Waals surface area contributed by atoms with Gasteiger partial charge in [-0.25, -0.2) is 14.6 Å². The summed E-state index contributed by atoms with van der Waals surface area (Å²) in [6.45, 7) is 4.18. The molecule has 0 aliphatic heterocycles. The van der Waals surface area contributed by atoms with Crippen LogP contribution in [0.2, 0.25) is 0 Å². The molecule has 0 bridgehead atoms. The number of hydrogen-bond acceptors (Lipinski definition) is 3. The first kappa shape index (κ1) is 11.8. The van der Waals surface area contributed by atoms with Crippen molar-refractivity contribution in [2.24, 2.45) is 0 Å². The Balaban J connectivity index is 1.98. The van der Waals surface area contributed by atoms with Crippen molar-refractivity contribution in [1.29, 1.82) is 0 Å². The van der Waals surface area contributed by atoms with Gasteiger partial charge in [-0.15, -0.1) is 0 Å². The second-order valence-electron chi connectivity index (χ2n) is 5.02. The maximum absolute atomic E-state index is 4.59. The summed E-state index contributed by atoms with van der Waals surface area (Å²) in [4.78, 5) is 8.93. The van der Waals surface area contributed by atoms with Crippen LogP contribution in [0.3, 0.4) is 0 Å². The van der Waals surface area contributed by atoms with Gasteiger partial charge in [0.2, 0.25) is 0 Å². The first-order valence-electron chi connectivity index (χ1n) is 6.24. The molecule has 0 aromatic carbocycles. The molecule has 0 radical (unpaired) electrons. The van der Waals surface area contributed by atoms with Crippen molar-refractivity contribution in [1.82, 2.24) is 19.7 Å². The van der Waals surface area contributed by atoms with E-state index in [1.54, 1.807) is 0 Å². The number of rotatable bonds is 3. The van der Waals surface area contributed by atoms with Gasteiger partial charge in [0.1, 0.15) is 10.4 Å². The third-order valence-electron chi connectivity index (χ3n) is 3.06. The second-order valence-corrected chi connectivity index (χ2v) is 5.83. The van der Waals surface area contributed by atoms with Crippen LogP contribution in [0.1, 0.15) is 50.0 Å². The highest BCUT2D eigenvalue weighted by Crippen LogP contribution is 2.39. The number of aromatic nitrogens is 4. The topological polar surface area (TPSA) is 43.6 Å². The minimum atomic E-state index is 0.305. The molecule has 18 heavy (non-hydrogen) atoms. The smallest absolute Gasteiger partial charge is 0.158 e. The molecule has 94 valence electrons. The Morgan fingerprint density at radius 3 is 2.78 bits per heavy atom.